The Morgan fingerprint density at radius 2 is 1.70 bits per heavy atom. The smallest absolute Gasteiger partial charge is 0.122 e. The van der Waals surface area contributed by atoms with Crippen molar-refractivity contribution in [1.29, 1.82) is 0 Å². The van der Waals surface area contributed by atoms with Gasteiger partial charge in [-0.3, -0.25) is 0 Å². The third-order valence-corrected chi connectivity index (χ3v) is 4.51. The molecule has 1 unspecified atom stereocenters. The van der Waals surface area contributed by atoms with Gasteiger partial charge < -0.3 is 16.2 Å². The fourth-order valence-electron chi connectivity index (χ4n) is 3.09. The van der Waals surface area contributed by atoms with E-state index in [-0.39, 0.29) is 0 Å². The van der Waals surface area contributed by atoms with Gasteiger partial charge in [0.15, 0.2) is 0 Å². The lowest BCUT2D eigenvalue weighted by atomic mass is 9.81. The Kier molecular flexibility index (Phi) is 6.50. The van der Waals surface area contributed by atoms with Crippen LogP contribution in [-0.2, 0) is 0 Å². The van der Waals surface area contributed by atoms with Crippen molar-refractivity contribution in [3.05, 3.63) is 28.3 Å². The third-order valence-electron chi connectivity index (χ3n) is 4.51. The molecule has 0 aliphatic heterocycles. The van der Waals surface area contributed by atoms with E-state index in [0.717, 1.165) is 18.6 Å². The summed E-state index contributed by atoms with van der Waals surface area (Å²) in [7, 11) is 1.73. The lowest BCUT2D eigenvalue weighted by Crippen LogP contribution is -2.25. The zero-order valence-corrected chi connectivity index (χ0v) is 13.6. The molecule has 0 heterocycles. The van der Waals surface area contributed by atoms with Crippen molar-refractivity contribution in [3.8, 4) is 5.75 Å². The molecule has 0 aromatic heterocycles. The molecule has 1 rings (SSSR count). The van der Waals surface area contributed by atoms with Crippen molar-refractivity contribution >= 4 is 0 Å². The Labute approximate surface area is 123 Å². The molecule has 0 bridgehead atoms. The molecule has 4 N–H and O–H groups in total. The first kappa shape index (κ1) is 17.0. The van der Waals surface area contributed by atoms with Crippen LogP contribution in [-0.4, -0.2) is 20.2 Å². The van der Waals surface area contributed by atoms with Gasteiger partial charge >= 0.3 is 0 Å². The summed E-state index contributed by atoms with van der Waals surface area (Å²) in [6.07, 6.45) is 2.18. The second-order valence-corrected chi connectivity index (χ2v) is 5.74. The summed E-state index contributed by atoms with van der Waals surface area (Å²) in [4.78, 5) is 0. The number of nitrogens with two attached hydrogens (primary N) is 2. The van der Waals surface area contributed by atoms with Crippen LogP contribution < -0.4 is 16.2 Å². The second-order valence-electron chi connectivity index (χ2n) is 5.74. The third kappa shape index (κ3) is 3.53. The summed E-state index contributed by atoms with van der Waals surface area (Å²) in [5, 5.41) is 0. The van der Waals surface area contributed by atoms with Gasteiger partial charge in [-0.15, -0.1) is 0 Å². The fraction of sp³-hybridized carbons (Fsp3) is 0.647. The minimum Gasteiger partial charge on any atom is -0.496 e. The van der Waals surface area contributed by atoms with Crippen LogP contribution in [0.25, 0.3) is 0 Å². The predicted molar refractivity (Wildman–Crippen MR) is 86.5 cm³/mol. The van der Waals surface area contributed by atoms with E-state index in [1.807, 2.05) is 0 Å². The maximum Gasteiger partial charge on any atom is 0.122 e. The fourth-order valence-corrected chi connectivity index (χ4v) is 3.09. The van der Waals surface area contributed by atoms with Gasteiger partial charge in [0.25, 0.3) is 0 Å². The molecule has 3 nitrogen and oxygen atoms in total. The minimum absolute atomic E-state index is 0.404. The van der Waals surface area contributed by atoms with Crippen LogP contribution >= 0.6 is 0 Å². The molecule has 0 aliphatic rings. The van der Waals surface area contributed by atoms with Crippen molar-refractivity contribution in [2.24, 2.45) is 17.4 Å². The Morgan fingerprint density at radius 3 is 2.15 bits per heavy atom. The average molecular weight is 278 g/mol. The lowest BCUT2D eigenvalue weighted by Gasteiger charge is -2.26. The Morgan fingerprint density at radius 1 is 1.10 bits per heavy atom. The second kappa shape index (κ2) is 7.65. The van der Waals surface area contributed by atoms with Crippen LogP contribution in [0.4, 0.5) is 0 Å². The van der Waals surface area contributed by atoms with E-state index in [1.165, 1.54) is 22.3 Å². The topological polar surface area (TPSA) is 61.3 Å². The molecule has 114 valence electrons. The van der Waals surface area contributed by atoms with Gasteiger partial charge in [0, 0.05) is 0 Å². The van der Waals surface area contributed by atoms with Gasteiger partial charge in [-0.05, 0) is 86.9 Å². The van der Waals surface area contributed by atoms with E-state index in [4.69, 9.17) is 16.2 Å². The number of rotatable bonds is 7. The Hall–Kier alpha value is -1.06. The van der Waals surface area contributed by atoms with Crippen LogP contribution in [0.5, 0.6) is 5.75 Å². The number of hydrogen-bond acceptors (Lipinski definition) is 3. The van der Waals surface area contributed by atoms with Crippen LogP contribution in [0.15, 0.2) is 6.07 Å². The summed E-state index contributed by atoms with van der Waals surface area (Å²) < 4.78 is 5.46. The molecule has 0 radical (unpaired) electrons. The van der Waals surface area contributed by atoms with Gasteiger partial charge in [-0.2, -0.15) is 0 Å². The monoisotopic (exact) mass is 278 g/mol. The van der Waals surface area contributed by atoms with Gasteiger partial charge in [-0.25, -0.2) is 0 Å². The van der Waals surface area contributed by atoms with Gasteiger partial charge in [0.1, 0.15) is 5.75 Å². The molecule has 0 saturated heterocycles. The van der Waals surface area contributed by atoms with Crippen molar-refractivity contribution in [2.45, 2.75) is 46.5 Å². The first-order valence-corrected chi connectivity index (χ1v) is 7.54. The largest absolute Gasteiger partial charge is 0.496 e. The maximum absolute atomic E-state index is 5.82. The van der Waals surface area contributed by atoms with Gasteiger partial charge in [0.2, 0.25) is 0 Å². The van der Waals surface area contributed by atoms with Crippen LogP contribution in [0.2, 0.25) is 0 Å². The predicted octanol–water partition coefficient (Wildman–Crippen LogP) is 3.04. The zero-order chi connectivity index (χ0) is 15.3. The van der Waals surface area contributed by atoms with Crippen molar-refractivity contribution in [3.63, 3.8) is 0 Å². The zero-order valence-electron chi connectivity index (χ0n) is 13.6. The first-order valence-electron chi connectivity index (χ1n) is 7.54. The first-order chi connectivity index (χ1) is 9.49. The normalized spacial score (nSPS) is 12.8. The quantitative estimate of drug-likeness (QED) is 0.806. The Bertz CT molecular complexity index is 439. The standard InChI is InChI=1S/C17H30N2O/c1-6-15(8-14(9-18)10-19)17-11(2)7-16(20-5)12(3)13(17)4/h7,14-15H,6,8-10,18-19H2,1-5H3. The number of ether oxygens (including phenoxy) is 1. The van der Waals surface area contributed by atoms with E-state index in [2.05, 4.69) is 33.8 Å². The van der Waals surface area contributed by atoms with E-state index < -0.39 is 0 Å². The highest BCUT2D eigenvalue weighted by Gasteiger charge is 2.20. The number of aryl methyl sites for hydroxylation is 1. The van der Waals surface area contributed by atoms with E-state index in [0.29, 0.717) is 24.9 Å². The molecule has 0 amide bonds. The maximum atomic E-state index is 5.82. The molecule has 0 fully saturated rings. The Balaban J connectivity index is 3.18. The average Bonchev–Trinajstić information content (AvgIpc) is 2.46. The SMILES string of the molecule is CCC(CC(CN)CN)c1c(C)cc(OC)c(C)c1C. The molecule has 20 heavy (non-hydrogen) atoms. The summed E-state index contributed by atoms with van der Waals surface area (Å²) in [5.74, 6) is 1.91. The van der Waals surface area contributed by atoms with E-state index in [9.17, 15) is 0 Å². The summed E-state index contributed by atoms with van der Waals surface area (Å²) in [5.41, 5.74) is 17.0. The molecule has 0 saturated carbocycles. The number of methoxy groups -OCH3 is 1. The summed E-state index contributed by atoms with van der Waals surface area (Å²) >= 11 is 0. The highest BCUT2D eigenvalue weighted by molar-refractivity contribution is 5.49. The van der Waals surface area contributed by atoms with Crippen LogP contribution in [0, 0.1) is 26.7 Å². The van der Waals surface area contributed by atoms with Crippen molar-refractivity contribution in [1.82, 2.24) is 0 Å². The molecule has 1 atom stereocenters. The van der Waals surface area contributed by atoms with E-state index >= 15 is 0 Å². The lowest BCUT2D eigenvalue weighted by molar-refractivity contribution is 0.409. The molecular formula is C17H30N2O. The number of benzene rings is 1. The molecule has 0 aliphatic carbocycles. The highest BCUT2D eigenvalue weighted by Crippen LogP contribution is 2.36. The van der Waals surface area contributed by atoms with Crippen molar-refractivity contribution in [2.75, 3.05) is 20.2 Å². The molecule has 1 aromatic rings. The molecule has 1 aromatic carbocycles. The van der Waals surface area contributed by atoms with Crippen molar-refractivity contribution < 1.29 is 4.74 Å². The highest BCUT2D eigenvalue weighted by atomic mass is 16.5. The van der Waals surface area contributed by atoms with Crippen LogP contribution in [0.1, 0.15) is 47.9 Å². The molecule has 3 heteroatoms. The number of hydrogen-bond donors (Lipinski definition) is 2. The molecular weight excluding hydrogens is 248 g/mol. The van der Waals surface area contributed by atoms with E-state index in [1.54, 1.807) is 7.11 Å². The van der Waals surface area contributed by atoms with Crippen LogP contribution in [0.3, 0.4) is 0 Å². The summed E-state index contributed by atoms with van der Waals surface area (Å²) in [6.45, 7) is 10.1. The molecule has 0 spiro atoms. The van der Waals surface area contributed by atoms with Gasteiger partial charge in [0.05, 0.1) is 7.11 Å². The minimum atomic E-state index is 0.404. The summed E-state index contributed by atoms with van der Waals surface area (Å²) in [6, 6.07) is 2.15. The van der Waals surface area contributed by atoms with Gasteiger partial charge in [-0.1, -0.05) is 6.92 Å².